The maximum atomic E-state index is 13.2. The Bertz CT molecular complexity index is 545. The number of hydrogen-bond acceptors (Lipinski definition) is 3. The maximum Gasteiger partial charge on any atom is 0.243 e. The van der Waals surface area contributed by atoms with Gasteiger partial charge in [0.15, 0.2) is 0 Å². The molecule has 1 heterocycles. The summed E-state index contributed by atoms with van der Waals surface area (Å²) in [5.41, 5.74) is 5.85. The van der Waals surface area contributed by atoms with Crippen LogP contribution in [0, 0.1) is 11.7 Å². The van der Waals surface area contributed by atoms with Crippen LogP contribution in [0.4, 0.5) is 4.39 Å². The van der Waals surface area contributed by atoms with E-state index >= 15 is 0 Å². The van der Waals surface area contributed by atoms with Gasteiger partial charge in [0.05, 0.1) is 4.90 Å². The third kappa shape index (κ3) is 3.13. The first-order valence-corrected chi connectivity index (χ1v) is 7.86. The van der Waals surface area contributed by atoms with Crippen LogP contribution in [-0.4, -0.2) is 31.9 Å². The zero-order chi connectivity index (χ0) is 14.0. The lowest BCUT2D eigenvalue weighted by Crippen LogP contribution is -2.44. The van der Waals surface area contributed by atoms with Gasteiger partial charge in [-0.05, 0) is 43.9 Å². The van der Waals surface area contributed by atoms with Gasteiger partial charge >= 0.3 is 0 Å². The smallest absolute Gasteiger partial charge is 0.243 e. The highest BCUT2D eigenvalue weighted by Gasteiger charge is 2.31. The highest BCUT2D eigenvalue weighted by Crippen LogP contribution is 2.25. The van der Waals surface area contributed by atoms with Crippen LogP contribution < -0.4 is 5.73 Å². The fraction of sp³-hybridized carbons (Fsp3) is 0.538. The minimum atomic E-state index is -3.61. The molecule has 0 aromatic heterocycles. The van der Waals surface area contributed by atoms with Crippen LogP contribution in [0.15, 0.2) is 29.2 Å². The van der Waals surface area contributed by atoms with E-state index in [4.69, 9.17) is 5.73 Å². The zero-order valence-corrected chi connectivity index (χ0v) is 11.7. The number of benzene rings is 1. The van der Waals surface area contributed by atoms with Gasteiger partial charge in [0, 0.05) is 19.1 Å². The van der Waals surface area contributed by atoms with E-state index in [0.29, 0.717) is 13.1 Å². The van der Waals surface area contributed by atoms with Crippen molar-refractivity contribution in [2.45, 2.75) is 30.7 Å². The van der Waals surface area contributed by atoms with Crippen molar-refractivity contribution in [2.24, 2.45) is 11.7 Å². The van der Waals surface area contributed by atoms with Gasteiger partial charge in [0.2, 0.25) is 10.0 Å². The summed E-state index contributed by atoms with van der Waals surface area (Å²) in [5, 5.41) is 0. The van der Waals surface area contributed by atoms with E-state index in [9.17, 15) is 12.8 Å². The van der Waals surface area contributed by atoms with Gasteiger partial charge in [-0.25, -0.2) is 12.8 Å². The van der Waals surface area contributed by atoms with Crippen molar-refractivity contribution >= 4 is 10.0 Å². The van der Waals surface area contributed by atoms with Gasteiger partial charge in [-0.2, -0.15) is 4.31 Å². The number of halogens is 1. The summed E-state index contributed by atoms with van der Waals surface area (Å²) < 4.78 is 39.4. The van der Waals surface area contributed by atoms with Gasteiger partial charge in [0.25, 0.3) is 0 Å². The summed E-state index contributed by atoms with van der Waals surface area (Å²) in [6, 6.07) is 5.10. The fourth-order valence-electron chi connectivity index (χ4n) is 2.40. The summed E-state index contributed by atoms with van der Waals surface area (Å²) in [6.45, 7) is 2.78. The molecule has 0 bridgehead atoms. The van der Waals surface area contributed by atoms with E-state index in [2.05, 4.69) is 0 Å². The molecule has 0 radical (unpaired) electrons. The Hall–Kier alpha value is -0.980. The summed E-state index contributed by atoms with van der Waals surface area (Å²) in [6.07, 6.45) is 1.73. The number of hydrogen-bond donors (Lipinski definition) is 1. The second-order valence-electron chi connectivity index (χ2n) is 5.08. The average molecular weight is 286 g/mol. The topological polar surface area (TPSA) is 63.4 Å². The van der Waals surface area contributed by atoms with Crippen LogP contribution >= 0.6 is 0 Å². The van der Waals surface area contributed by atoms with E-state index in [0.717, 1.165) is 18.9 Å². The Labute approximate surface area is 113 Å². The predicted molar refractivity (Wildman–Crippen MR) is 71.5 cm³/mol. The molecule has 2 rings (SSSR count). The molecule has 1 aliphatic heterocycles. The molecule has 0 amide bonds. The third-order valence-electron chi connectivity index (χ3n) is 3.60. The van der Waals surface area contributed by atoms with Crippen molar-refractivity contribution in [3.8, 4) is 0 Å². The van der Waals surface area contributed by atoms with Crippen LogP contribution in [0.5, 0.6) is 0 Å². The van der Waals surface area contributed by atoms with Crippen LogP contribution in [0.1, 0.15) is 19.8 Å². The molecule has 4 nitrogen and oxygen atoms in total. The van der Waals surface area contributed by atoms with E-state index in [1.807, 2.05) is 6.92 Å². The van der Waals surface area contributed by atoms with Crippen molar-refractivity contribution < 1.29 is 12.8 Å². The Kier molecular flexibility index (Phi) is 4.23. The molecule has 1 aromatic carbocycles. The van der Waals surface area contributed by atoms with Crippen LogP contribution in [0.25, 0.3) is 0 Å². The Morgan fingerprint density at radius 3 is 2.84 bits per heavy atom. The summed E-state index contributed by atoms with van der Waals surface area (Å²) in [4.78, 5) is 0.0119. The summed E-state index contributed by atoms with van der Waals surface area (Å²) >= 11 is 0. The molecule has 106 valence electrons. The predicted octanol–water partition coefficient (Wildman–Crippen LogP) is 1.57. The van der Waals surface area contributed by atoms with Gasteiger partial charge in [-0.3, -0.25) is 0 Å². The summed E-state index contributed by atoms with van der Waals surface area (Å²) in [7, 11) is -3.61. The van der Waals surface area contributed by atoms with E-state index < -0.39 is 15.8 Å². The van der Waals surface area contributed by atoms with Crippen LogP contribution in [-0.2, 0) is 10.0 Å². The lowest BCUT2D eigenvalue weighted by atomic mass is 9.93. The highest BCUT2D eigenvalue weighted by molar-refractivity contribution is 7.89. The summed E-state index contributed by atoms with van der Waals surface area (Å²) in [5.74, 6) is -0.376. The molecular weight excluding hydrogens is 267 g/mol. The fourth-order valence-corrected chi connectivity index (χ4v) is 3.97. The Morgan fingerprint density at radius 1 is 1.47 bits per heavy atom. The number of piperidine rings is 1. The SMILES string of the molecule is C[C@@H](N)[C@H]1CCCN(S(=O)(=O)c2cccc(F)c2)C1. The van der Waals surface area contributed by atoms with Crippen LogP contribution in [0.3, 0.4) is 0 Å². The average Bonchev–Trinajstić information content (AvgIpc) is 2.39. The molecule has 0 unspecified atom stereocenters. The second kappa shape index (κ2) is 5.56. The van der Waals surface area contributed by atoms with Gasteiger partial charge in [-0.1, -0.05) is 6.07 Å². The minimum absolute atomic E-state index is 0.0119. The number of nitrogens with zero attached hydrogens (tertiary/aromatic N) is 1. The Morgan fingerprint density at radius 2 is 2.21 bits per heavy atom. The van der Waals surface area contributed by atoms with Crippen molar-refractivity contribution in [1.29, 1.82) is 0 Å². The molecule has 2 N–H and O–H groups in total. The van der Waals surface area contributed by atoms with Gasteiger partial charge < -0.3 is 5.73 Å². The normalized spacial score (nSPS) is 23.2. The molecule has 6 heteroatoms. The first-order valence-electron chi connectivity index (χ1n) is 6.42. The van der Waals surface area contributed by atoms with Crippen molar-refractivity contribution in [3.05, 3.63) is 30.1 Å². The Balaban J connectivity index is 2.24. The molecule has 1 fully saturated rings. The zero-order valence-electron chi connectivity index (χ0n) is 10.9. The largest absolute Gasteiger partial charge is 0.328 e. The molecule has 19 heavy (non-hydrogen) atoms. The molecule has 1 aromatic rings. The number of nitrogens with two attached hydrogens (primary N) is 1. The molecule has 2 atom stereocenters. The van der Waals surface area contributed by atoms with E-state index in [1.165, 1.54) is 22.5 Å². The standard InChI is InChI=1S/C13H19FN2O2S/c1-10(15)11-4-3-7-16(9-11)19(17,18)13-6-2-5-12(14)8-13/h2,5-6,8,10-11H,3-4,7,9,15H2,1H3/t10-,11+/m1/s1. The maximum absolute atomic E-state index is 13.2. The van der Waals surface area contributed by atoms with Gasteiger partial charge in [-0.15, -0.1) is 0 Å². The molecule has 0 aliphatic carbocycles. The molecule has 1 aliphatic rings. The number of rotatable bonds is 3. The van der Waals surface area contributed by atoms with E-state index in [1.54, 1.807) is 0 Å². The van der Waals surface area contributed by atoms with Gasteiger partial charge in [0.1, 0.15) is 5.82 Å². The van der Waals surface area contributed by atoms with Crippen LogP contribution in [0.2, 0.25) is 0 Å². The van der Waals surface area contributed by atoms with Crippen molar-refractivity contribution in [1.82, 2.24) is 4.31 Å². The first kappa shape index (κ1) is 14.4. The number of sulfonamides is 1. The minimum Gasteiger partial charge on any atom is -0.328 e. The first-order chi connectivity index (χ1) is 8.91. The third-order valence-corrected chi connectivity index (χ3v) is 5.46. The molecule has 0 spiro atoms. The van der Waals surface area contributed by atoms with E-state index in [-0.39, 0.29) is 16.9 Å². The quantitative estimate of drug-likeness (QED) is 0.917. The van der Waals surface area contributed by atoms with Crippen molar-refractivity contribution in [3.63, 3.8) is 0 Å². The molecule has 1 saturated heterocycles. The molecule has 0 saturated carbocycles. The lowest BCUT2D eigenvalue weighted by molar-refractivity contribution is 0.243. The monoisotopic (exact) mass is 286 g/mol. The molecular formula is C13H19FN2O2S. The lowest BCUT2D eigenvalue weighted by Gasteiger charge is -2.33. The second-order valence-corrected chi connectivity index (χ2v) is 7.02. The highest BCUT2D eigenvalue weighted by atomic mass is 32.2. The van der Waals surface area contributed by atoms with Crippen molar-refractivity contribution in [2.75, 3.05) is 13.1 Å².